The summed E-state index contributed by atoms with van der Waals surface area (Å²) in [6, 6.07) is 14.9. The second-order valence-corrected chi connectivity index (χ2v) is 4.60. The number of benzene rings is 2. The molecule has 0 N–H and O–H groups in total. The van der Waals surface area contributed by atoms with Crippen LogP contribution < -0.4 is 4.74 Å². The van der Waals surface area contributed by atoms with Crippen LogP contribution in [0, 0.1) is 0 Å². The Balaban J connectivity index is 1.49. The van der Waals surface area contributed by atoms with E-state index < -0.39 is 0 Å². The zero-order valence-corrected chi connectivity index (χ0v) is 11.8. The maximum absolute atomic E-state index is 5.80. The number of nitrogens with zero attached hydrogens (tertiary/aromatic N) is 8. The zero-order chi connectivity index (χ0) is 15.5. The summed E-state index contributed by atoms with van der Waals surface area (Å²) in [5.74, 6) is 1.44. The van der Waals surface area contributed by atoms with Crippen molar-refractivity contribution in [1.29, 1.82) is 0 Å². The molecular formula is C14H10N8O. The van der Waals surface area contributed by atoms with Gasteiger partial charge in [-0.1, -0.05) is 0 Å². The lowest BCUT2D eigenvalue weighted by Crippen LogP contribution is -1.95. The highest BCUT2D eigenvalue weighted by molar-refractivity contribution is 5.41. The van der Waals surface area contributed by atoms with Gasteiger partial charge < -0.3 is 4.74 Å². The van der Waals surface area contributed by atoms with E-state index in [1.54, 1.807) is 9.36 Å². The van der Waals surface area contributed by atoms with Gasteiger partial charge in [-0.15, -0.1) is 10.2 Å². The van der Waals surface area contributed by atoms with E-state index >= 15 is 0 Å². The molecule has 0 spiro atoms. The van der Waals surface area contributed by atoms with Crippen molar-refractivity contribution >= 4 is 0 Å². The van der Waals surface area contributed by atoms with Gasteiger partial charge in [0, 0.05) is 0 Å². The van der Waals surface area contributed by atoms with Crippen LogP contribution in [-0.2, 0) is 0 Å². The number of hydrogen-bond donors (Lipinski definition) is 0. The highest BCUT2D eigenvalue weighted by Gasteiger charge is 2.02. The molecule has 2 aromatic carbocycles. The molecule has 0 aliphatic heterocycles. The molecule has 0 fully saturated rings. The Kier molecular flexibility index (Phi) is 3.20. The van der Waals surface area contributed by atoms with Gasteiger partial charge in [-0.05, 0) is 69.4 Å². The number of hydrogen-bond acceptors (Lipinski definition) is 7. The smallest absolute Gasteiger partial charge is 0.143 e. The van der Waals surface area contributed by atoms with Crippen LogP contribution in [0.4, 0.5) is 0 Å². The van der Waals surface area contributed by atoms with Crippen LogP contribution in [0.1, 0.15) is 0 Å². The van der Waals surface area contributed by atoms with E-state index in [0.29, 0.717) is 0 Å². The fraction of sp³-hybridized carbons (Fsp3) is 0. The molecule has 0 bridgehead atoms. The second kappa shape index (κ2) is 5.64. The summed E-state index contributed by atoms with van der Waals surface area (Å²) in [6.45, 7) is 0. The van der Waals surface area contributed by atoms with E-state index in [1.165, 1.54) is 12.7 Å². The largest absolute Gasteiger partial charge is 0.457 e. The average molecular weight is 306 g/mol. The molecular weight excluding hydrogens is 296 g/mol. The van der Waals surface area contributed by atoms with E-state index in [9.17, 15) is 0 Å². The first-order chi connectivity index (χ1) is 11.4. The first-order valence-corrected chi connectivity index (χ1v) is 6.73. The van der Waals surface area contributed by atoms with Gasteiger partial charge in [0.25, 0.3) is 0 Å². The monoisotopic (exact) mass is 306 g/mol. The third-order valence-corrected chi connectivity index (χ3v) is 3.14. The highest BCUT2D eigenvalue weighted by Crippen LogP contribution is 2.23. The summed E-state index contributed by atoms with van der Waals surface area (Å²) in [5, 5.41) is 22.1. The Morgan fingerprint density at radius 2 is 1.04 bits per heavy atom. The lowest BCUT2D eigenvalue weighted by atomic mass is 10.3. The van der Waals surface area contributed by atoms with Crippen molar-refractivity contribution in [2.24, 2.45) is 0 Å². The van der Waals surface area contributed by atoms with Gasteiger partial charge >= 0.3 is 0 Å². The summed E-state index contributed by atoms with van der Waals surface area (Å²) >= 11 is 0. The van der Waals surface area contributed by atoms with Gasteiger partial charge in [-0.3, -0.25) is 0 Å². The minimum atomic E-state index is 0.719. The van der Waals surface area contributed by atoms with Gasteiger partial charge in [0.15, 0.2) is 0 Å². The van der Waals surface area contributed by atoms with E-state index in [1.807, 2.05) is 48.5 Å². The number of tetrazole rings is 2. The molecule has 9 nitrogen and oxygen atoms in total. The molecule has 2 heterocycles. The Hall–Kier alpha value is -3.62. The predicted molar refractivity (Wildman–Crippen MR) is 78.4 cm³/mol. The minimum absolute atomic E-state index is 0.719. The molecule has 0 aliphatic rings. The molecule has 0 aliphatic carbocycles. The van der Waals surface area contributed by atoms with Gasteiger partial charge in [-0.25, -0.2) is 9.36 Å². The fourth-order valence-electron chi connectivity index (χ4n) is 2.03. The Morgan fingerprint density at radius 3 is 1.39 bits per heavy atom. The summed E-state index contributed by atoms with van der Waals surface area (Å²) in [7, 11) is 0. The van der Waals surface area contributed by atoms with Crippen LogP contribution >= 0.6 is 0 Å². The standard InChI is InChI=1S/C14H10N8O/c1-5-13(6-2-11(1)21-9-15-17-19-21)23-14-7-3-12(4-8-14)22-10-16-18-20-22/h1-10H. The average Bonchev–Trinajstić information content (AvgIpc) is 3.30. The van der Waals surface area contributed by atoms with Crippen molar-refractivity contribution in [2.75, 3.05) is 0 Å². The predicted octanol–water partition coefficient (Wildman–Crippen LogP) is 1.43. The number of rotatable bonds is 4. The Morgan fingerprint density at radius 1 is 0.609 bits per heavy atom. The van der Waals surface area contributed by atoms with Crippen molar-refractivity contribution in [3.8, 4) is 22.9 Å². The summed E-state index contributed by atoms with van der Waals surface area (Å²) < 4.78 is 8.95. The van der Waals surface area contributed by atoms with Gasteiger partial charge in [-0.2, -0.15) is 0 Å². The third-order valence-electron chi connectivity index (χ3n) is 3.14. The van der Waals surface area contributed by atoms with Crippen molar-refractivity contribution in [2.45, 2.75) is 0 Å². The first kappa shape index (κ1) is 13.1. The van der Waals surface area contributed by atoms with E-state index in [4.69, 9.17) is 4.74 Å². The summed E-state index contributed by atoms with van der Waals surface area (Å²) in [6.07, 6.45) is 3.07. The van der Waals surface area contributed by atoms with Gasteiger partial charge in [0.2, 0.25) is 0 Å². The quantitative estimate of drug-likeness (QED) is 0.562. The summed E-state index contributed by atoms with van der Waals surface area (Å²) in [4.78, 5) is 0. The van der Waals surface area contributed by atoms with Crippen molar-refractivity contribution in [3.05, 3.63) is 61.2 Å². The molecule has 0 amide bonds. The molecule has 0 radical (unpaired) electrons. The Bertz CT molecular complexity index is 794. The van der Waals surface area contributed by atoms with E-state index in [-0.39, 0.29) is 0 Å². The number of aromatic nitrogens is 8. The highest BCUT2D eigenvalue weighted by atomic mass is 16.5. The second-order valence-electron chi connectivity index (χ2n) is 4.60. The normalized spacial score (nSPS) is 10.6. The molecule has 4 aromatic rings. The van der Waals surface area contributed by atoms with Crippen LogP contribution in [0.2, 0.25) is 0 Å². The van der Waals surface area contributed by atoms with Gasteiger partial charge in [0.1, 0.15) is 24.2 Å². The molecule has 0 atom stereocenters. The lowest BCUT2D eigenvalue weighted by molar-refractivity contribution is 0.482. The van der Waals surface area contributed by atoms with Crippen LogP contribution in [0.5, 0.6) is 11.5 Å². The molecule has 2 aromatic heterocycles. The SMILES string of the molecule is c1cc(-n2cnnn2)ccc1Oc1ccc(-n2cnnn2)cc1. The van der Waals surface area contributed by atoms with Crippen LogP contribution in [0.25, 0.3) is 11.4 Å². The topological polar surface area (TPSA) is 96.4 Å². The zero-order valence-electron chi connectivity index (χ0n) is 11.8. The molecule has 4 rings (SSSR count). The van der Waals surface area contributed by atoms with Crippen LogP contribution in [0.15, 0.2) is 61.2 Å². The van der Waals surface area contributed by atoms with Crippen LogP contribution in [0.3, 0.4) is 0 Å². The maximum atomic E-state index is 5.80. The van der Waals surface area contributed by atoms with Crippen molar-refractivity contribution in [3.63, 3.8) is 0 Å². The van der Waals surface area contributed by atoms with E-state index in [2.05, 4.69) is 31.1 Å². The molecule has 23 heavy (non-hydrogen) atoms. The first-order valence-electron chi connectivity index (χ1n) is 6.73. The van der Waals surface area contributed by atoms with Crippen LogP contribution in [-0.4, -0.2) is 40.4 Å². The Labute approximate surface area is 130 Å². The lowest BCUT2D eigenvalue weighted by Gasteiger charge is -2.07. The van der Waals surface area contributed by atoms with Gasteiger partial charge in [0.05, 0.1) is 11.4 Å². The summed E-state index contributed by atoms with van der Waals surface area (Å²) in [5.41, 5.74) is 1.72. The molecule has 9 heteroatoms. The van der Waals surface area contributed by atoms with Crippen molar-refractivity contribution in [1.82, 2.24) is 40.4 Å². The molecule has 0 saturated carbocycles. The maximum Gasteiger partial charge on any atom is 0.143 e. The number of ether oxygens (including phenoxy) is 1. The molecule has 112 valence electrons. The molecule has 0 unspecified atom stereocenters. The van der Waals surface area contributed by atoms with Crippen molar-refractivity contribution < 1.29 is 4.74 Å². The minimum Gasteiger partial charge on any atom is -0.457 e. The fourth-order valence-corrected chi connectivity index (χ4v) is 2.03. The molecule has 0 saturated heterocycles. The van der Waals surface area contributed by atoms with E-state index in [0.717, 1.165) is 22.9 Å². The third kappa shape index (κ3) is 2.75.